The molecule has 3 aromatic rings. The van der Waals surface area contributed by atoms with Crippen LogP contribution in [0.2, 0.25) is 0 Å². The highest BCUT2D eigenvalue weighted by Crippen LogP contribution is 2.20. The van der Waals surface area contributed by atoms with Gasteiger partial charge in [-0.2, -0.15) is 0 Å². The summed E-state index contributed by atoms with van der Waals surface area (Å²) in [5.41, 5.74) is 0.846. The molecule has 0 bridgehead atoms. The van der Waals surface area contributed by atoms with Gasteiger partial charge in [0.2, 0.25) is 0 Å². The molecule has 0 saturated heterocycles. The monoisotopic (exact) mass is 376 g/mol. The number of ether oxygens (including phenoxy) is 1. The van der Waals surface area contributed by atoms with Crippen LogP contribution in [-0.2, 0) is 19.8 Å². The highest BCUT2D eigenvalue weighted by Gasteiger charge is 2.15. The van der Waals surface area contributed by atoms with E-state index >= 15 is 0 Å². The van der Waals surface area contributed by atoms with Gasteiger partial charge in [0.25, 0.3) is 0 Å². The van der Waals surface area contributed by atoms with Gasteiger partial charge in [-0.15, -0.1) is 5.10 Å². The van der Waals surface area contributed by atoms with E-state index in [9.17, 15) is 4.39 Å². The lowest BCUT2D eigenvalue weighted by Gasteiger charge is -2.16. The summed E-state index contributed by atoms with van der Waals surface area (Å²) >= 11 is 5.54. The summed E-state index contributed by atoms with van der Waals surface area (Å²) in [7, 11) is 3.38. The Morgan fingerprint density at radius 1 is 1.35 bits per heavy atom. The number of hydrogen-bond donors (Lipinski definition) is 0. The third kappa shape index (κ3) is 3.71. The summed E-state index contributed by atoms with van der Waals surface area (Å²) in [4.78, 5) is 2.01. The Balaban J connectivity index is 1.78. The van der Waals surface area contributed by atoms with Crippen LogP contribution in [0.25, 0.3) is 11.6 Å². The van der Waals surface area contributed by atoms with E-state index in [1.807, 2.05) is 41.6 Å². The number of halogens is 1. The standard InChI is InChI=1S/C18H21FN4O2S/c1-4-22-17(16-6-5-9-25-16)20-23(18(22)26)12-21(2)11-13-7-8-15(24-3)14(19)10-13/h5-10H,4,11-12H2,1-3H3. The molecule has 1 aromatic carbocycles. The van der Waals surface area contributed by atoms with Crippen molar-refractivity contribution in [2.75, 3.05) is 14.2 Å². The highest BCUT2D eigenvalue weighted by molar-refractivity contribution is 7.71. The average Bonchev–Trinajstić information content (AvgIpc) is 3.24. The Kier molecular flexibility index (Phi) is 5.53. The molecular formula is C18H21FN4O2S. The zero-order chi connectivity index (χ0) is 18.7. The molecule has 0 spiro atoms. The number of aromatic nitrogens is 3. The molecule has 3 rings (SSSR count). The average molecular weight is 376 g/mol. The second-order valence-electron chi connectivity index (χ2n) is 5.95. The molecule has 0 N–H and O–H groups in total. The molecule has 8 heteroatoms. The van der Waals surface area contributed by atoms with Crippen LogP contribution in [0.15, 0.2) is 41.0 Å². The third-order valence-electron chi connectivity index (χ3n) is 4.02. The first-order valence-corrected chi connectivity index (χ1v) is 8.66. The minimum Gasteiger partial charge on any atom is -0.494 e. The SMILES string of the molecule is CCn1c(-c2ccco2)nn(CN(C)Cc2ccc(OC)c(F)c2)c1=S. The van der Waals surface area contributed by atoms with Crippen LogP contribution in [0.1, 0.15) is 12.5 Å². The molecule has 26 heavy (non-hydrogen) atoms. The van der Waals surface area contributed by atoms with Crippen molar-refractivity contribution < 1.29 is 13.5 Å². The highest BCUT2D eigenvalue weighted by atomic mass is 32.1. The van der Waals surface area contributed by atoms with Gasteiger partial charge in [-0.25, -0.2) is 9.07 Å². The maximum atomic E-state index is 13.9. The Morgan fingerprint density at radius 2 is 2.15 bits per heavy atom. The van der Waals surface area contributed by atoms with E-state index < -0.39 is 0 Å². The number of furan rings is 1. The fourth-order valence-corrected chi connectivity index (χ4v) is 3.12. The second-order valence-corrected chi connectivity index (χ2v) is 6.32. The molecule has 0 aliphatic heterocycles. The summed E-state index contributed by atoms with van der Waals surface area (Å²) in [5, 5.41) is 4.60. The van der Waals surface area contributed by atoms with Crippen LogP contribution in [0.5, 0.6) is 5.75 Å². The van der Waals surface area contributed by atoms with Gasteiger partial charge in [0.05, 0.1) is 20.0 Å². The van der Waals surface area contributed by atoms with Crippen molar-refractivity contribution in [3.05, 3.63) is 52.7 Å². The predicted molar refractivity (Wildman–Crippen MR) is 98.8 cm³/mol. The molecule has 2 aromatic heterocycles. The topological polar surface area (TPSA) is 48.4 Å². The molecule has 0 saturated carbocycles. The van der Waals surface area contributed by atoms with E-state index in [2.05, 4.69) is 5.10 Å². The fourth-order valence-electron chi connectivity index (χ4n) is 2.80. The molecular weight excluding hydrogens is 355 g/mol. The zero-order valence-corrected chi connectivity index (χ0v) is 15.8. The van der Waals surface area contributed by atoms with Crippen molar-refractivity contribution >= 4 is 12.2 Å². The molecule has 0 aliphatic rings. The molecule has 6 nitrogen and oxygen atoms in total. The minimum absolute atomic E-state index is 0.239. The van der Waals surface area contributed by atoms with Crippen molar-refractivity contribution in [1.29, 1.82) is 0 Å². The maximum absolute atomic E-state index is 13.9. The minimum atomic E-state index is -0.370. The lowest BCUT2D eigenvalue weighted by molar-refractivity contribution is 0.243. The van der Waals surface area contributed by atoms with Gasteiger partial charge in [0.1, 0.15) is 0 Å². The first-order chi connectivity index (χ1) is 12.5. The van der Waals surface area contributed by atoms with Gasteiger partial charge in [-0.3, -0.25) is 9.47 Å². The van der Waals surface area contributed by atoms with Crippen LogP contribution < -0.4 is 4.74 Å². The van der Waals surface area contributed by atoms with Gasteiger partial charge in [-0.05, 0) is 56.0 Å². The molecule has 2 heterocycles. The largest absolute Gasteiger partial charge is 0.494 e. The lowest BCUT2D eigenvalue weighted by atomic mass is 10.2. The Morgan fingerprint density at radius 3 is 2.77 bits per heavy atom. The summed E-state index contributed by atoms with van der Waals surface area (Å²) < 4.78 is 28.6. The van der Waals surface area contributed by atoms with Gasteiger partial charge in [0, 0.05) is 13.1 Å². The van der Waals surface area contributed by atoms with Gasteiger partial charge in [0.15, 0.2) is 27.9 Å². The van der Waals surface area contributed by atoms with Crippen LogP contribution >= 0.6 is 12.2 Å². The van der Waals surface area contributed by atoms with Crippen molar-refractivity contribution in [3.63, 3.8) is 0 Å². The number of rotatable bonds is 7. The van der Waals surface area contributed by atoms with E-state index in [-0.39, 0.29) is 11.6 Å². The molecule has 0 radical (unpaired) electrons. The predicted octanol–water partition coefficient (Wildman–Crippen LogP) is 3.93. The quantitative estimate of drug-likeness (QED) is 0.585. The third-order valence-corrected chi connectivity index (χ3v) is 4.46. The summed E-state index contributed by atoms with van der Waals surface area (Å²) in [6.07, 6.45) is 1.61. The number of benzene rings is 1. The summed E-state index contributed by atoms with van der Waals surface area (Å²) in [6, 6.07) is 8.63. The van der Waals surface area contributed by atoms with E-state index in [4.69, 9.17) is 21.4 Å². The van der Waals surface area contributed by atoms with Crippen LogP contribution in [-0.4, -0.2) is 33.4 Å². The Labute approximate surface area is 156 Å². The van der Waals surface area contributed by atoms with Crippen molar-refractivity contribution in [3.8, 4) is 17.3 Å². The van der Waals surface area contributed by atoms with Gasteiger partial charge in [-0.1, -0.05) is 6.07 Å². The number of hydrogen-bond acceptors (Lipinski definition) is 5. The molecule has 0 unspecified atom stereocenters. The Bertz CT molecular complexity index is 933. The smallest absolute Gasteiger partial charge is 0.199 e. The maximum Gasteiger partial charge on any atom is 0.199 e. The molecule has 138 valence electrons. The molecule has 0 atom stereocenters. The van der Waals surface area contributed by atoms with E-state index in [1.165, 1.54) is 13.2 Å². The van der Waals surface area contributed by atoms with E-state index in [1.54, 1.807) is 17.0 Å². The lowest BCUT2D eigenvalue weighted by Crippen LogP contribution is -2.22. The van der Waals surface area contributed by atoms with Gasteiger partial charge >= 0.3 is 0 Å². The first kappa shape index (κ1) is 18.3. The van der Waals surface area contributed by atoms with Crippen molar-refractivity contribution in [1.82, 2.24) is 19.2 Å². The summed E-state index contributed by atoms with van der Waals surface area (Å²) in [6.45, 7) is 3.74. The first-order valence-electron chi connectivity index (χ1n) is 8.26. The van der Waals surface area contributed by atoms with Crippen LogP contribution in [0.4, 0.5) is 4.39 Å². The summed E-state index contributed by atoms with van der Waals surface area (Å²) in [5.74, 6) is 1.25. The van der Waals surface area contributed by atoms with Crippen molar-refractivity contribution in [2.45, 2.75) is 26.7 Å². The molecule has 0 fully saturated rings. The van der Waals surface area contributed by atoms with Crippen LogP contribution in [0.3, 0.4) is 0 Å². The molecule has 0 aliphatic carbocycles. The Hall–Kier alpha value is -2.45. The van der Waals surface area contributed by atoms with Crippen molar-refractivity contribution in [2.24, 2.45) is 0 Å². The number of methoxy groups -OCH3 is 1. The zero-order valence-electron chi connectivity index (χ0n) is 15.0. The molecule has 0 amide bonds. The normalized spacial score (nSPS) is 11.3. The number of nitrogens with zero attached hydrogens (tertiary/aromatic N) is 4. The fraction of sp³-hybridized carbons (Fsp3) is 0.333. The second kappa shape index (κ2) is 7.84. The van der Waals surface area contributed by atoms with E-state index in [0.717, 1.165) is 5.56 Å². The van der Waals surface area contributed by atoms with Crippen LogP contribution in [0, 0.1) is 10.6 Å². The van der Waals surface area contributed by atoms with Gasteiger partial charge < -0.3 is 9.15 Å². The van der Waals surface area contributed by atoms with E-state index in [0.29, 0.717) is 36.1 Å².